The number of esters is 1. The molecule has 1 aliphatic rings. The number of carbonyl (C=O) groups excluding carboxylic acids is 1. The number of pyridine rings is 1. The van der Waals surface area contributed by atoms with E-state index < -0.39 is 11.9 Å². The Balaban J connectivity index is 2.31. The Morgan fingerprint density at radius 3 is 2.65 bits per heavy atom. The topological polar surface area (TPSA) is 94.4 Å². The highest BCUT2D eigenvalue weighted by Crippen LogP contribution is 2.40. The lowest BCUT2D eigenvalue weighted by molar-refractivity contribution is -0.136. The van der Waals surface area contributed by atoms with Crippen molar-refractivity contribution in [3.05, 3.63) is 75.0 Å². The molecule has 0 radical (unpaired) electrons. The van der Waals surface area contributed by atoms with E-state index in [1.165, 1.54) is 7.11 Å². The standard InChI is InChI=1S/C17H16N2O4/c1-9-8-11-13(16(20)19-9)12(10-6-4-3-5-7-10)14(15(18)23-11)17(21)22-2/h3-8,12H,18H2,1-2H3,(H,19,20)/t12-/m0/s1. The molecule has 1 atom stereocenters. The predicted octanol–water partition coefficient (Wildman–Crippen LogP) is 1.55. The molecule has 1 aromatic heterocycles. The van der Waals surface area contributed by atoms with Crippen LogP contribution >= 0.6 is 0 Å². The molecule has 2 aromatic rings. The summed E-state index contributed by atoms with van der Waals surface area (Å²) in [7, 11) is 1.26. The Kier molecular flexibility index (Phi) is 3.65. The van der Waals surface area contributed by atoms with Crippen LogP contribution in [0.15, 0.2) is 52.6 Å². The second kappa shape index (κ2) is 5.64. The molecule has 1 aromatic carbocycles. The second-order valence-electron chi connectivity index (χ2n) is 5.27. The molecule has 6 nitrogen and oxygen atoms in total. The molecule has 2 heterocycles. The van der Waals surface area contributed by atoms with Crippen molar-refractivity contribution in [1.29, 1.82) is 0 Å². The van der Waals surface area contributed by atoms with Gasteiger partial charge in [0.15, 0.2) is 0 Å². The van der Waals surface area contributed by atoms with Crippen LogP contribution in [0.4, 0.5) is 0 Å². The molecule has 6 heteroatoms. The van der Waals surface area contributed by atoms with E-state index in [0.717, 1.165) is 5.56 Å². The molecule has 0 aliphatic carbocycles. The van der Waals surface area contributed by atoms with Crippen LogP contribution in [0, 0.1) is 6.92 Å². The molecule has 0 amide bonds. The summed E-state index contributed by atoms with van der Waals surface area (Å²) in [5.41, 5.74) is 7.50. The monoisotopic (exact) mass is 312 g/mol. The highest BCUT2D eigenvalue weighted by molar-refractivity contribution is 5.92. The maximum absolute atomic E-state index is 12.5. The summed E-state index contributed by atoms with van der Waals surface area (Å²) in [5, 5.41) is 0. The van der Waals surface area contributed by atoms with Crippen molar-refractivity contribution in [3.8, 4) is 5.75 Å². The van der Waals surface area contributed by atoms with Crippen LogP contribution in [0.5, 0.6) is 5.75 Å². The number of hydrogen-bond donors (Lipinski definition) is 2. The fourth-order valence-corrected chi connectivity index (χ4v) is 2.79. The Bertz CT molecular complexity index is 853. The second-order valence-corrected chi connectivity index (χ2v) is 5.27. The van der Waals surface area contributed by atoms with Gasteiger partial charge in [0.1, 0.15) is 11.3 Å². The number of aryl methyl sites for hydroxylation is 1. The van der Waals surface area contributed by atoms with Gasteiger partial charge in [0.05, 0.1) is 18.6 Å². The summed E-state index contributed by atoms with van der Waals surface area (Å²) < 4.78 is 10.3. The number of carbonyl (C=O) groups is 1. The quantitative estimate of drug-likeness (QED) is 0.821. The summed E-state index contributed by atoms with van der Waals surface area (Å²) in [4.78, 5) is 27.4. The number of ether oxygens (including phenoxy) is 2. The van der Waals surface area contributed by atoms with Gasteiger partial charge in [-0.2, -0.15) is 0 Å². The number of H-pyrrole nitrogens is 1. The maximum Gasteiger partial charge on any atom is 0.340 e. The number of aromatic nitrogens is 1. The summed E-state index contributed by atoms with van der Waals surface area (Å²) in [6, 6.07) is 10.9. The van der Waals surface area contributed by atoms with E-state index in [4.69, 9.17) is 15.2 Å². The third-order valence-electron chi connectivity index (χ3n) is 3.77. The van der Waals surface area contributed by atoms with Gasteiger partial charge in [0, 0.05) is 11.8 Å². The highest BCUT2D eigenvalue weighted by Gasteiger charge is 2.37. The van der Waals surface area contributed by atoms with Gasteiger partial charge in [-0.15, -0.1) is 0 Å². The SMILES string of the molecule is COC(=O)C1=C(N)Oc2cc(C)[nH]c(=O)c2[C@@H]1c1ccccc1. The third kappa shape index (κ3) is 2.48. The van der Waals surface area contributed by atoms with Gasteiger partial charge in [-0.25, -0.2) is 4.79 Å². The van der Waals surface area contributed by atoms with Crippen LogP contribution in [0.2, 0.25) is 0 Å². The Morgan fingerprint density at radius 2 is 2.00 bits per heavy atom. The fourth-order valence-electron chi connectivity index (χ4n) is 2.79. The summed E-state index contributed by atoms with van der Waals surface area (Å²) in [5.74, 6) is -0.966. The number of aromatic amines is 1. The molecule has 0 unspecified atom stereocenters. The van der Waals surface area contributed by atoms with Crippen LogP contribution in [-0.4, -0.2) is 18.1 Å². The normalized spacial score (nSPS) is 16.5. The molecule has 1 aliphatic heterocycles. The Morgan fingerprint density at radius 1 is 1.30 bits per heavy atom. The molecule has 23 heavy (non-hydrogen) atoms. The number of rotatable bonds is 2. The van der Waals surface area contributed by atoms with Gasteiger partial charge in [-0.1, -0.05) is 30.3 Å². The highest BCUT2D eigenvalue weighted by atomic mass is 16.5. The van der Waals surface area contributed by atoms with Crippen LogP contribution < -0.4 is 16.0 Å². The molecule has 0 saturated carbocycles. The van der Waals surface area contributed by atoms with Crippen LogP contribution in [0.1, 0.15) is 22.7 Å². The Hall–Kier alpha value is -3.02. The summed E-state index contributed by atoms with van der Waals surface area (Å²) in [6.45, 7) is 1.75. The van der Waals surface area contributed by atoms with Crippen molar-refractivity contribution >= 4 is 5.97 Å². The van der Waals surface area contributed by atoms with Crippen molar-refractivity contribution in [2.45, 2.75) is 12.8 Å². The molecule has 3 N–H and O–H groups in total. The molecule has 0 fully saturated rings. The Labute approximate surface area is 132 Å². The minimum Gasteiger partial charge on any atom is -0.465 e. The summed E-state index contributed by atoms with van der Waals surface area (Å²) >= 11 is 0. The first-order valence-corrected chi connectivity index (χ1v) is 7.07. The minimum atomic E-state index is -0.642. The minimum absolute atomic E-state index is 0.0526. The van der Waals surface area contributed by atoms with Gasteiger partial charge in [-0.05, 0) is 12.5 Å². The van der Waals surface area contributed by atoms with Crippen molar-refractivity contribution in [2.75, 3.05) is 7.11 Å². The van der Waals surface area contributed by atoms with E-state index in [1.54, 1.807) is 13.0 Å². The smallest absolute Gasteiger partial charge is 0.340 e. The van der Waals surface area contributed by atoms with E-state index in [0.29, 0.717) is 17.0 Å². The van der Waals surface area contributed by atoms with Gasteiger partial charge < -0.3 is 20.2 Å². The molecule has 0 bridgehead atoms. The van der Waals surface area contributed by atoms with Crippen molar-refractivity contribution in [2.24, 2.45) is 5.73 Å². The van der Waals surface area contributed by atoms with Crippen molar-refractivity contribution in [3.63, 3.8) is 0 Å². The first kappa shape index (κ1) is 14.9. The van der Waals surface area contributed by atoms with Crippen LogP contribution in [-0.2, 0) is 9.53 Å². The lowest BCUT2D eigenvalue weighted by Crippen LogP contribution is -2.31. The van der Waals surface area contributed by atoms with Gasteiger partial charge >= 0.3 is 5.97 Å². The number of fused-ring (bicyclic) bond motifs is 1. The zero-order valence-electron chi connectivity index (χ0n) is 12.8. The molecular weight excluding hydrogens is 296 g/mol. The fraction of sp³-hybridized carbons (Fsp3) is 0.176. The zero-order chi connectivity index (χ0) is 16.6. The largest absolute Gasteiger partial charge is 0.465 e. The summed E-state index contributed by atoms with van der Waals surface area (Å²) in [6.07, 6.45) is 0. The molecule has 0 spiro atoms. The lowest BCUT2D eigenvalue weighted by atomic mass is 9.83. The maximum atomic E-state index is 12.5. The van der Waals surface area contributed by atoms with E-state index in [-0.39, 0.29) is 17.0 Å². The van der Waals surface area contributed by atoms with E-state index in [1.807, 2.05) is 30.3 Å². The number of nitrogens with two attached hydrogens (primary N) is 1. The average molecular weight is 312 g/mol. The number of benzene rings is 1. The first-order chi connectivity index (χ1) is 11.0. The first-order valence-electron chi connectivity index (χ1n) is 7.07. The number of hydrogen-bond acceptors (Lipinski definition) is 5. The average Bonchev–Trinajstić information content (AvgIpc) is 2.53. The zero-order valence-corrected chi connectivity index (χ0v) is 12.8. The van der Waals surface area contributed by atoms with Crippen molar-refractivity contribution < 1.29 is 14.3 Å². The molecule has 0 saturated heterocycles. The van der Waals surface area contributed by atoms with E-state index in [9.17, 15) is 9.59 Å². The van der Waals surface area contributed by atoms with Crippen molar-refractivity contribution in [1.82, 2.24) is 4.98 Å². The lowest BCUT2D eigenvalue weighted by Gasteiger charge is -2.27. The van der Waals surface area contributed by atoms with Gasteiger partial charge in [0.25, 0.3) is 5.56 Å². The van der Waals surface area contributed by atoms with E-state index >= 15 is 0 Å². The van der Waals surface area contributed by atoms with E-state index in [2.05, 4.69) is 4.98 Å². The van der Waals surface area contributed by atoms with Crippen LogP contribution in [0.25, 0.3) is 0 Å². The molecule has 118 valence electrons. The number of nitrogens with one attached hydrogen (secondary N) is 1. The van der Waals surface area contributed by atoms with Gasteiger partial charge in [0.2, 0.25) is 5.88 Å². The predicted molar refractivity (Wildman–Crippen MR) is 83.9 cm³/mol. The van der Waals surface area contributed by atoms with Crippen LogP contribution in [0.3, 0.4) is 0 Å². The third-order valence-corrected chi connectivity index (χ3v) is 3.77. The number of methoxy groups -OCH3 is 1. The molecule has 3 rings (SSSR count). The molecular formula is C17H16N2O4. The van der Waals surface area contributed by atoms with Gasteiger partial charge in [-0.3, -0.25) is 4.79 Å².